The lowest BCUT2D eigenvalue weighted by atomic mass is 10.1. The number of fused-ring (bicyclic) bond motifs is 1. The number of aryl methyl sites for hydroxylation is 2. The molecule has 4 rings (SSSR count). The van der Waals surface area contributed by atoms with Crippen LogP contribution < -0.4 is 15.5 Å². The Balaban J connectivity index is 1.51. The molecule has 0 radical (unpaired) electrons. The molecule has 2 N–H and O–H groups in total. The maximum atomic E-state index is 13.2. The first-order valence-corrected chi connectivity index (χ1v) is 11.2. The van der Waals surface area contributed by atoms with E-state index in [0.717, 1.165) is 33.8 Å². The number of nitrogens with zero attached hydrogens (tertiary/aromatic N) is 2. The number of thioether (sulfide) groups is 1. The van der Waals surface area contributed by atoms with E-state index < -0.39 is 11.7 Å². The average molecular weight is 471 g/mol. The summed E-state index contributed by atoms with van der Waals surface area (Å²) in [5.41, 5.74) is 3.81. The van der Waals surface area contributed by atoms with Gasteiger partial charge in [-0.05, 0) is 61.9 Å². The van der Waals surface area contributed by atoms with E-state index in [9.17, 15) is 14.0 Å². The lowest BCUT2D eigenvalue weighted by molar-refractivity contribution is 0.102. The zero-order valence-corrected chi connectivity index (χ0v) is 19.0. The van der Waals surface area contributed by atoms with E-state index in [0.29, 0.717) is 23.5 Å². The van der Waals surface area contributed by atoms with Gasteiger partial charge >= 0.3 is 6.03 Å². The second-order valence-corrected chi connectivity index (χ2v) is 8.81. The summed E-state index contributed by atoms with van der Waals surface area (Å²) < 4.78 is 13.2. The number of benzene rings is 2. The third-order valence-electron chi connectivity index (χ3n) is 4.90. The van der Waals surface area contributed by atoms with Gasteiger partial charge in [0.25, 0.3) is 5.91 Å². The van der Waals surface area contributed by atoms with Gasteiger partial charge in [-0.2, -0.15) is 0 Å². The molecule has 2 aromatic carbocycles. The fourth-order valence-electron chi connectivity index (χ4n) is 3.49. The van der Waals surface area contributed by atoms with Gasteiger partial charge in [0.1, 0.15) is 10.8 Å². The fraction of sp³-hybridized carbons (Fsp3) is 0.174. The van der Waals surface area contributed by atoms with Crippen molar-refractivity contribution in [2.75, 3.05) is 27.8 Å². The molecule has 1 aliphatic heterocycles. The van der Waals surface area contributed by atoms with Crippen LogP contribution in [0, 0.1) is 19.7 Å². The summed E-state index contributed by atoms with van der Waals surface area (Å²) in [5.74, 6) is -0.169. The minimum Gasteiger partial charge on any atom is -0.321 e. The second-order valence-electron chi connectivity index (χ2n) is 7.32. The van der Waals surface area contributed by atoms with Crippen LogP contribution in [-0.4, -0.2) is 29.2 Å². The maximum absolute atomic E-state index is 13.2. The lowest BCUT2D eigenvalue weighted by Crippen LogP contribution is -2.39. The summed E-state index contributed by atoms with van der Waals surface area (Å²) in [7, 11) is 0. The summed E-state index contributed by atoms with van der Waals surface area (Å²) in [6.07, 6.45) is 0. The molecule has 164 valence electrons. The first-order valence-electron chi connectivity index (χ1n) is 9.88. The van der Waals surface area contributed by atoms with Gasteiger partial charge < -0.3 is 10.6 Å². The molecule has 0 fully saturated rings. The zero-order valence-electron chi connectivity index (χ0n) is 17.4. The Morgan fingerprint density at radius 1 is 1.12 bits per heavy atom. The van der Waals surface area contributed by atoms with Crippen molar-refractivity contribution in [1.29, 1.82) is 0 Å². The quantitative estimate of drug-likeness (QED) is 0.500. The monoisotopic (exact) mass is 470 g/mol. The van der Waals surface area contributed by atoms with E-state index >= 15 is 0 Å². The van der Waals surface area contributed by atoms with Crippen LogP contribution in [0.2, 0.25) is 5.02 Å². The molecule has 9 heteroatoms. The number of carbonyl (C=O) groups excluding carboxylic acids is 2. The van der Waals surface area contributed by atoms with Gasteiger partial charge in [-0.25, -0.2) is 14.2 Å². The molecule has 2 heterocycles. The Kier molecular flexibility index (Phi) is 6.34. The van der Waals surface area contributed by atoms with E-state index in [-0.39, 0.29) is 11.1 Å². The minimum atomic E-state index is -0.490. The van der Waals surface area contributed by atoms with E-state index in [1.807, 2.05) is 19.9 Å². The smallest absolute Gasteiger partial charge is 0.321 e. The predicted molar refractivity (Wildman–Crippen MR) is 127 cm³/mol. The molecule has 3 aromatic rings. The minimum absolute atomic E-state index is 0.101. The standard InChI is InChI=1S/C23H20ClFN4O2S/c1-13-10-14(2)26-22-20(13)29(8-9-32-22)23(31)27-17-5-3-4-15(11-17)21(30)28-19-7-6-16(25)12-18(19)24/h3-7,10-12H,8-9H2,1-2H3,(H,27,31)(H,28,30). The van der Waals surface area contributed by atoms with Crippen molar-refractivity contribution in [2.45, 2.75) is 18.9 Å². The first kappa shape index (κ1) is 22.1. The largest absolute Gasteiger partial charge is 0.326 e. The van der Waals surface area contributed by atoms with Crippen LogP contribution in [-0.2, 0) is 0 Å². The molecule has 0 saturated carbocycles. The van der Waals surface area contributed by atoms with Crippen LogP contribution >= 0.6 is 23.4 Å². The van der Waals surface area contributed by atoms with Gasteiger partial charge in [-0.15, -0.1) is 11.8 Å². The predicted octanol–water partition coefficient (Wildman–Crippen LogP) is 5.89. The van der Waals surface area contributed by atoms with E-state index in [2.05, 4.69) is 15.6 Å². The van der Waals surface area contributed by atoms with Crippen molar-refractivity contribution in [2.24, 2.45) is 0 Å². The first-order chi connectivity index (χ1) is 15.3. The summed E-state index contributed by atoms with van der Waals surface area (Å²) >= 11 is 7.62. The van der Waals surface area contributed by atoms with Gasteiger partial charge in [0.05, 0.1) is 16.4 Å². The van der Waals surface area contributed by atoms with Gasteiger partial charge in [0.15, 0.2) is 0 Å². The van der Waals surface area contributed by atoms with Crippen molar-refractivity contribution < 1.29 is 14.0 Å². The molecule has 0 atom stereocenters. The highest BCUT2D eigenvalue weighted by Crippen LogP contribution is 2.36. The number of urea groups is 1. The number of hydrogen-bond donors (Lipinski definition) is 2. The zero-order chi connectivity index (χ0) is 22.8. The van der Waals surface area contributed by atoms with Crippen molar-refractivity contribution >= 4 is 52.4 Å². The number of anilines is 3. The third kappa shape index (κ3) is 4.71. The summed E-state index contributed by atoms with van der Waals surface area (Å²) in [6.45, 7) is 4.45. The Morgan fingerprint density at radius 3 is 2.72 bits per heavy atom. The Labute approximate surface area is 194 Å². The van der Waals surface area contributed by atoms with E-state index in [4.69, 9.17) is 11.6 Å². The van der Waals surface area contributed by atoms with E-state index in [1.165, 1.54) is 12.1 Å². The van der Waals surface area contributed by atoms with Crippen molar-refractivity contribution in [1.82, 2.24) is 4.98 Å². The lowest BCUT2D eigenvalue weighted by Gasteiger charge is -2.30. The Bertz CT molecular complexity index is 1220. The fourth-order valence-corrected chi connectivity index (χ4v) is 4.79. The van der Waals surface area contributed by atoms with Gasteiger partial charge in [0.2, 0.25) is 0 Å². The van der Waals surface area contributed by atoms with Crippen LogP contribution in [0.25, 0.3) is 0 Å². The molecule has 3 amide bonds. The number of halogens is 2. The van der Waals surface area contributed by atoms with E-state index in [1.54, 1.807) is 40.9 Å². The molecule has 6 nitrogen and oxygen atoms in total. The third-order valence-corrected chi connectivity index (χ3v) is 6.16. The van der Waals surface area contributed by atoms with Crippen LogP contribution in [0.1, 0.15) is 21.6 Å². The second kappa shape index (κ2) is 9.18. The molecule has 32 heavy (non-hydrogen) atoms. The van der Waals surface area contributed by atoms with Crippen LogP contribution in [0.3, 0.4) is 0 Å². The topological polar surface area (TPSA) is 74.3 Å². The molecule has 0 unspecified atom stereocenters. The SMILES string of the molecule is Cc1cc(C)c2c(n1)SCCN2C(=O)Nc1cccc(C(=O)Nc2ccc(F)cc2Cl)c1. The molecular weight excluding hydrogens is 451 g/mol. The molecule has 1 aromatic heterocycles. The normalized spacial score (nSPS) is 12.8. The number of hydrogen-bond acceptors (Lipinski definition) is 4. The Morgan fingerprint density at radius 2 is 1.94 bits per heavy atom. The summed E-state index contributed by atoms with van der Waals surface area (Å²) in [6, 6.07) is 12.0. The van der Waals surface area contributed by atoms with Crippen LogP contribution in [0.5, 0.6) is 0 Å². The van der Waals surface area contributed by atoms with Crippen molar-refractivity contribution in [3.05, 3.63) is 76.2 Å². The number of pyridine rings is 1. The highest BCUT2D eigenvalue weighted by Gasteiger charge is 2.26. The molecule has 0 bridgehead atoms. The number of nitrogens with one attached hydrogen (secondary N) is 2. The van der Waals surface area contributed by atoms with Crippen LogP contribution in [0.15, 0.2) is 53.6 Å². The summed E-state index contributed by atoms with van der Waals surface area (Å²) in [5, 5.41) is 6.46. The molecule has 1 aliphatic rings. The molecular formula is C23H20ClFN4O2S. The highest BCUT2D eigenvalue weighted by atomic mass is 35.5. The van der Waals surface area contributed by atoms with Crippen LogP contribution in [0.4, 0.5) is 26.2 Å². The van der Waals surface area contributed by atoms with Crippen molar-refractivity contribution in [3.63, 3.8) is 0 Å². The number of amides is 3. The maximum Gasteiger partial charge on any atom is 0.326 e. The molecule has 0 spiro atoms. The number of aromatic nitrogens is 1. The summed E-state index contributed by atoms with van der Waals surface area (Å²) in [4.78, 5) is 31.9. The van der Waals surface area contributed by atoms with Crippen molar-refractivity contribution in [3.8, 4) is 0 Å². The molecule has 0 saturated heterocycles. The van der Waals surface area contributed by atoms with Gasteiger partial charge in [0, 0.05) is 29.2 Å². The van der Waals surface area contributed by atoms with Gasteiger partial charge in [-0.3, -0.25) is 9.69 Å². The number of rotatable bonds is 3. The Hall–Kier alpha value is -3.10. The number of carbonyl (C=O) groups is 2. The average Bonchev–Trinajstić information content (AvgIpc) is 2.75. The highest BCUT2D eigenvalue weighted by molar-refractivity contribution is 7.99. The van der Waals surface area contributed by atoms with Gasteiger partial charge in [-0.1, -0.05) is 17.7 Å². The molecule has 0 aliphatic carbocycles.